The average molecular weight is 283 g/mol. The Morgan fingerprint density at radius 2 is 2.14 bits per heavy atom. The Balaban J connectivity index is 2.14. The molecule has 5 nitrogen and oxygen atoms in total. The van der Waals surface area contributed by atoms with Gasteiger partial charge in [-0.3, -0.25) is 4.68 Å². The van der Waals surface area contributed by atoms with Gasteiger partial charge in [0.2, 0.25) is 0 Å². The fourth-order valence-corrected chi connectivity index (χ4v) is 2.70. The quantitative estimate of drug-likeness (QED) is 0.800. The Hall–Kier alpha value is -2.14. The highest BCUT2D eigenvalue weighted by Crippen LogP contribution is 2.25. The molecule has 0 saturated carbocycles. The molecule has 3 rings (SSSR count). The predicted molar refractivity (Wildman–Crippen MR) is 84.0 cm³/mol. The molecule has 5 heteroatoms. The molecule has 0 aliphatic heterocycles. The van der Waals surface area contributed by atoms with Crippen molar-refractivity contribution in [2.24, 2.45) is 12.8 Å². The minimum atomic E-state index is -0.252. The lowest BCUT2D eigenvalue weighted by atomic mass is 10.1. The number of hydrogen-bond donors (Lipinski definition) is 1. The van der Waals surface area contributed by atoms with Crippen LogP contribution in [0.2, 0.25) is 0 Å². The van der Waals surface area contributed by atoms with Gasteiger partial charge in [0.1, 0.15) is 5.82 Å². The zero-order valence-electron chi connectivity index (χ0n) is 12.7. The third-order valence-corrected chi connectivity index (χ3v) is 3.74. The lowest BCUT2D eigenvalue weighted by Crippen LogP contribution is -2.17. The minimum absolute atomic E-state index is 0.252. The number of aryl methyl sites for hydroxylation is 3. The van der Waals surface area contributed by atoms with Gasteiger partial charge in [0.25, 0.3) is 0 Å². The number of imidazole rings is 1. The summed E-state index contributed by atoms with van der Waals surface area (Å²) in [6.45, 7) is 5.17. The summed E-state index contributed by atoms with van der Waals surface area (Å²) >= 11 is 0. The summed E-state index contributed by atoms with van der Waals surface area (Å²) < 4.78 is 4.00. The molecule has 0 aliphatic rings. The second kappa shape index (κ2) is 5.33. The summed E-state index contributed by atoms with van der Waals surface area (Å²) in [4.78, 5) is 4.78. The second-order valence-corrected chi connectivity index (χ2v) is 5.54. The highest BCUT2D eigenvalue weighted by molar-refractivity contribution is 5.77. The van der Waals surface area contributed by atoms with E-state index in [1.54, 1.807) is 4.68 Å². The van der Waals surface area contributed by atoms with E-state index >= 15 is 0 Å². The topological polar surface area (TPSA) is 61.7 Å². The zero-order chi connectivity index (χ0) is 15.0. The number of benzene rings is 1. The van der Waals surface area contributed by atoms with Crippen LogP contribution < -0.4 is 5.73 Å². The van der Waals surface area contributed by atoms with Crippen LogP contribution in [0.5, 0.6) is 0 Å². The first kappa shape index (κ1) is 13.8. The van der Waals surface area contributed by atoms with E-state index in [1.165, 1.54) is 5.56 Å². The van der Waals surface area contributed by atoms with E-state index in [2.05, 4.69) is 41.7 Å². The van der Waals surface area contributed by atoms with Gasteiger partial charge in [-0.15, -0.1) is 0 Å². The maximum atomic E-state index is 6.43. The molecule has 0 aliphatic carbocycles. The molecular formula is C16H21N5. The van der Waals surface area contributed by atoms with Crippen LogP contribution in [0.3, 0.4) is 0 Å². The van der Waals surface area contributed by atoms with Gasteiger partial charge in [-0.1, -0.05) is 13.0 Å². The first-order valence-corrected chi connectivity index (χ1v) is 7.31. The van der Waals surface area contributed by atoms with E-state index in [9.17, 15) is 0 Å². The largest absolute Gasteiger partial charge is 0.326 e. The first-order valence-electron chi connectivity index (χ1n) is 7.31. The molecule has 0 amide bonds. The van der Waals surface area contributed by atoms with E-state index < -0.39 is 0 Å². The van der Waals surface area contributed by atoms with Crippen LogP contribution in [0.15, 0.2) is 30.6 Å². The standard InChI is InChI=1S/C16H21N5/c1-4-7-21-14-6-5-11(2)8-13(14)19-16(21)15(17)12-9-18-20(3)10-12/h5-6,8-10,15H,4,7,17H2,1-3H3. The highest BCUT2D eigenvalue weighted by Gasteiger charge is 2.19. The highest BCUT2D eigenvalue weighted by atomic mass is 15.2. The van der Waals surface area contributed by atoms with E-state index in [1.807, 2.05) is 19.4 Å². The molecule has 1 atom stereocenters. The van der Waals surface area contributed by atoms with Crippen molar-refractivity contribution in [3.05, 3.63) is 47.5 Å². The van der Waals surface area contributed by atoms with Gasteiger partial charge in [-0.25, -0.2) is 4.98 Å². The zero-order valence-corrected chi connectivity index (χ0v) is 12.7. The summed E-state index contributed by atoms with van der Waals surface area (Å²) in [5, 5.41) is 4.21. The molecule has 2 N–H and O–H groups in total. The molecule has 0 fully saturated rings. The van der Waals surface area contributed by atoms with Crippen molar-refractivity contribution in [1.29, 1.82) is 0 Å². The first-order chi connectivity index (χ1) is 10.1. The van der Waals surface area contributed by atoms with Gasteiger partial charge in [0, 0.05) is 25.4 Å². The third-order valence-electron chi connectivity index (χ3n) is 3.74. The predicted octanol–water partition coefficient (Wildman–Crippen LogP) is 2.54. The molecule has 3 aromatic rings. The fourth-order valence-electron chi connectivity index (χ4n) is 2.70. The third kappa shape index (κ3) is 2.45. The summed E-state index contributed by atoms with van der Waals surface area (Å²) in [6.07, 6.45) is 4.81. The Labute approximate surface area is 124 Å². The molecule has 1 aromatic carbocycles. The molecule has 0 spiro atoms. The number of hydrogen-bond acceptors (Lipinski definition) is 3. The molecule has 1 unspecified atom stereocenters. The molecule has 0 radical (unpaired) electrons. The van der Waals surface area contributed by atoms with Gasteiger partial charge in [0.15, 0.2) is 0 Å². The van der Waals surface area contributed by atoms with Crippen LogP contribution in [0, 0.1) is 6.92 Å². The van der Waals surface area contributed by atoms with Crippen molar-refractivity contribution < 1.29 is 0 Å². The van der Waals surface area contributed by atoms with Crippen LogP contribution in [0.1, 0.15) is 36.3 Å². The molecule has 0 saturated heterocycles. The number of nitrogens with two attached hydrogens (primary N) is 1. The van der Waals surface area contributed by atoms with E-state index in [4.69, 9.17) is 10.7 Å². The summed E-state index contributed by atoms with van der Waals surface area (Å²) in [5.41, 5.74) is 10.8. The molecule has 110 valence electrons. The number of nitrogens with zero attached hydrogens (tertiary/aromatic N) is 4. The maximum absolute atomic E-state index is 6.43. The van der Waals surface area contributed by atoms with E-state index in [0.717, 1.165) is 35.4 Å². The van der Waals surface area contributed by atoms with Gasteiger partial charge in [0.05, 0.1) is 23.3 Å². The van der Waals surface area contributed by atoms with Gasteiger partial charge >= 0.3 is 0 Å². The molecule has 21 heavy (non-hydrogen) atoms. The molecule has 0 bridgehead atoms. The van der Waals surface area contributed by atoms with Gasteiger partial charge in [-0.05, 0) is 31.0 Å². The van der Waals surface area contributed by atoms with Crippen molar-refractivity contribution in [1.82, 2.24) is 19.3 Å². The Kier molecular flexibility index (Phi) is 3.51. The average Bonchev–Trinajstić information content (AvgIpc) is 3.03. The van der Waals surface area contributed by atoms with Crippen molar-refractivity contribution >= 4 is 11.0 Å². The Morgan fingerprint density at radius 3 is 2.81 bits per heavy atom. The van der Waals surface area contributed by atoms with Crippen LogP contribution in [-0.2, 0) is 13.6 Å². The molecule has 2 aromatic heterocycles. The molecular weight excluding hydrogens is 262 g/mol. The smallest absolute Gasteiger partial charge is 0.131 e. The Morgan fingerprint density at radius 1 is 1.33 bits per heavy atom. The molecule has 2 heterocycles. The van der Waals surface area contributed by atoms with Crippen LogP contribution in [0.25, 0.3) is 11.0 Å². The monoisotopic (exact) mass is 283 g/mol. The van der Waals surface area contributed by atoms with Gasteiger partial charge in [-0.2, -0.15) is 5.10 Å². The maximum Gasteiger partial charge on any atom is 0.131 e. The Bertz CT molecular complexity index is 768. The lowest BCUT2D eigenvalue weighted by Gasteiger charge is -2.12. The number of fused-ring (bicyclic) bond motifs is 1. The number of aromatic nitrogens is 4. The van der Waals surface area contributed by atoms with Crippen molar-refractivity contribution in [2.75, 3.05) is 0 Å². The van der Waals surface area contributed by atoms with E-state index in [-0.39, 0.29) is 6.04 Å². The van der Waals surface area contributed by atoms with Crippen LogP contribution in [-0.4, -0.2) is 19.3 Å². The van der Waals surface area contributed by atoms with Crippen molar-refractivity contribution in [2.45, 2.75) is 32.9 Å². The lowest BCUT2D eigenvalue weighted by molar-refractivity contribution is 0.627. The number of rotatable bonds is 4. The van der Waals surface area contributed by atoms with E-state index in [0.29, 0.717) is 0 Å². The van der Waals surface area contributed by atoms with Crippen LogP contribution >= 0.6 is 0 Å². The van der Waals surface area contributed by atoms with Gasteiger partial charge < -0.3 is 10.3 Å². The minimum Gasteiger partial charge on any atom is -0.326 e. The summed E-state index contributed by atoms with van der Waals surface area (Å²) in [6, 6.07) is 6.11. The fraction of sp³-hybridized carbons (Fsp3) is 0.375. The summed E-state index contributed by atoms with van der Waals surface area (Å²) in [7, 11) is 1.90. The SMILES string of the molecule is CCCn1c(C(N)c2cnn(C)c2)nc2cc(C)ccc21. The van der Waals surface area contributed by atoms with Crippen LogP contribution in [0.4, 0.5) is 0 Å². The normalized spacial score (nSPS) is 13.0. The van der Waals surface area contributed by atoms with Crippen molar-refractivity contribution in [3.8, 4) is 0 Å². The van der Waals surface area contributed by atoms with Crippen molar-refractivity contribution in [3.63, 3.8) is 0 Å². The second-order valence-electron chi connectivity index (χ2n) is 5.54. The summed E-state index contributed by atoms with van der Waals surface area (Å²) in [5.74, 6) is 0.908.